The summed E-state index contributed by atoms with van der Waals surface area (Å²) >= 11 is 0. The highest BCUT2D eigenvalue weighted by Gasteiger charge is 2.41. The molecule has 1 fully saturated rings. The number of benzene rings is 1. The number of piperidine rings is 1. The number of hydrogen-bond donors (Lipinski definition) is 1. The van der Waals surface area contributed by atoms with E-state index >= 15 is 0 Å². The minimum atomic E-state index is -1.01. The van der Waals surface area contributed by atoms with E-state index in [1.807, 2.05) is 0 Å². The molecule has 0 radical (unpaired) electrons. The van der Waals surface area contributed by atoms with E-state index < -0.39 is 29.6 Å². The number of hydrogen-bond acceptors (Lipinski definition) is 4. The maximum absolute atomic E-state index is 12.9. The predicted octanol–water partition coefficient (Wildman–Crippen LogP) is 1.21. The second-order valence-corrected chi connectivity index (χ2v) is 4.94. The fraction of sp³-hybridized carbons (Fsp3) is 0.400. The molecule has 0 unspecified atom stereocenters. The molecule has 0 aliphatic carbocycles. The normalized spacial score (nSPS) is 21.8. The molecule has 0 saturated carbocycles. The highest BCUT2D eigenvalue weighted by molar-refractivity contribution is 6.07. The number of esters is 1. The fourth-order valence-corrected chi connectivity index (χ4v) is 2.48. The highest BCUT2D eigenvalue weighted by atomic mass is 19.1. The molecule has 1 aliphatic rings. The smallest absolute Gasteiger partial charge is 0.318 e. The van der Waals surface area contributed by atoms with Gasteiger partial charge in [0.1, 0.15) is 11.7 Å². The first-order valence-electron chi connectivity index (χ1n) is 6.76. The highest BCUT2D eigenvalue weighted by Crippen LogP contribution is 2.26. The molecular formula is C15H16FNO4. The first-order chi connectivity index (χ1) is 10.0. The Balaban J connectivity index is 2.19. The minimum Gasteiger partial charge on any atom is -0.465 e. The van der Waals surface area contributed by atoms with Crippen LogP contribution in [0.15, 0.2) is 24.3 Å². The van der Waals surface area contributed by atoms with E-state index in [9.17, 15) is 18.8 Å². The number of rotatable bonds is 4. The monoisotopic (exact) mass is 293 g/mol. The summed E-state index contributed by atoms with van der Waals surface area (Å²) in [5, 5.41) is 2.15. The van der Waals surface area contributed by atoms with Crippen LogP contribution in [0.1, 0.15) is 18.9 Å². The number of halogens is 1. The molecule has 1 saturated heterocycles. The van der Waals surface area contributed by atoms with Crippen molar-refractivity contribution in [3.63, 3.8) is 0 Å². The first-order valence-corrected chi connectivity index (χ1v) is 6.76. The molecule has 2 rings (SSSR count). The summed E-state index contributed by atoms with van der Waals surface area (Å²) in [6.07, 6.45) is 0.398. The number of imide groups is 1. The van der Waals surface area contributed by atoms with E-state index in [2.05, 4.69) is 5.32 Å². The Morgan fingerprint density at radius 1 is 1.33 bits per heavy atom. The van der Waals surface area contributed by atoms with Gasteiger partial charge < -0.3 is 4.74 Å². The summed E-state index contributed by atoms with van der Waals surface area (Å²) < 4.78 is 17.8. The van der Waals surface area contributed by atoms with Crippen LogP contribution in [0, 0.1) is 17.7 Å². The molecule has 1 N–H and O–H groups in total. The van der Waals surface area contributed by atoms with Crippen LogP contribution < -0.4 is 5.32 Å². The van der Waals surface area contributed by atoms with Crippen molar-refractivity contribution in [1.29, 1.82) is 0 Å². The summed E-state index contributed by atoms with van der Waals surface area (Å²) in [7, 11) is 0. The van der Waals surface area contributed by atoms with Crippen LogP contribution in [-0.2, 0) is 25.5 Å². The van der Waals surface area contributed by atoms with Gasteiger partial charge in [-0.1, -0.05) is 12.1 Å². The Labute approximate surface area is 121 Å². The summed E-state index contributed by atoms with van der Waals surface area (Å²) in [6, 6.07) is 5.77. The zero-order valence-corrected chi connectivity index (χ0v) is 11.6. The van der Waals surface area contributed by atoms with E-state index in [0.717, 1.165) is 5.56 Å². The molecule has 1 aliphatic heterocycles. The summed E-state index contributed by atoms with van der Waals surface area (Å²) in [5.74, 6) is -3.51. The quantitative estimate of drug-likeness (QED) is 0.514. The van der Waals surface area contributed by atoms with Gasteiger partial charge in [-0.15, -0.1) is 0 Å². The van der Waals surface area contributed by atoms with Crippen molar-refractivity contribution in [2.45, 2.75) is 19.8 Å². The van der Waals surface area contributed by atoms with Gasteiger partial charge in [0.05, 0.1) is 6.61 Å². The largest absolute Gasteiger partial charge is 0.465 e. The lowest BCUT2D eigenvalue weighted by Gasteiger charge is -2.28. The molecule has 2 amide bonds. The number of amides is 2. The SMILES string of the molecule is CCOC(=O)[C@H]1C(=O)NC(=O)C[C@@H]1Cc1ccc(F)cc1. The Morgan fingerprint density at radius 3 is 2.62 bits per heavy atom. The molecular weight excluding hydrogens is 277 g/mol. The third-order valence-corrected chi connectivity index (χ3v) is 3.42. The van der Waals surface area contributed by atoms with Crippen LogP contribution in [0.4, 0.5) is 4.39 Å². The lowest BCUT2D eigenvalue weighted by molar-refractivity contribution is -0.157. The summed E-state index contributed by atoms with van der Waals surface area (Å²) in [6.45, 7) is 1.82. The van der Waals surface area contributed by atoms with E-state index in [1.165, 1.54) is 12.1 Å². The lowest BCUT2D eigenvalue weighted by atomic mass is 9.81. The average molecular weight is 293 g/mol. The minimum absolute atomic E-state index is 0.0621. The van der Waals surface area contributed by atoms with Crippen molar-refractivity contribution in [3.05, 3.63) is 35.6 Å². The molecule has 1 aromatic rings. The van der Waals surface area contributed by atoms with Crippen molar-refractivity contribution in [3.8, 4) is 0 Å². The van der Waals surface area contributed by atoms with Crippen LogP contribution in [0.5, 0.6) is 0 Å². The maximum atomic E-state index is 12.9. The molecule has 2 atom stereocenters. The molecule has 1 heterocycles. The van der Waals surface area contributed by atoms with Crippen LogP contribution in [0.2, 0.25) is 0 Å². The lowest BCUT2D eigenvalue weighted by Crippen LogP contribution is -2.50. The maximum Gasteiger partial charge on any atom is 0.318 e. The Kier molecular flexibility index (Phi) is 4.67. The Morgan fingerprint density at radius 2 is 2.00 bits per heavy atom. The van der Waals surface area contributed by atoms with Gasteiger partial charge in [-0.25, -0.2) is 4.39 Å². The van der Waals surface area contributed by atoms with Crippen molar-refractivity contribution in [2.75, 3.05) is 6.61 Å². The van der Waals surface area contributed by atoms with Crippen molar-refractivity contribution in [1.82, 2.24) is 5.32 Å². The van der Waals surface area contributed by atoms with Crippen LogP contribution in [0.3, 0.4) is 0 Å². The van der Waals surface area contributed by atoms with Gasteiger partial charge in [-0.3, -0.25) is 19.7 Å². The Hall–Kier alpha value is -2.24. The van der Waals surface area contributed by atoms with Crippen molar-refractivity contribution < 1.29 is 23.5 Å². The van der Waals surface area contributed by atoms with E-state index in [0.29, 0.717) is 6.42 Å². The Bertz CT molecular complexity index is 555. The molecule has 0 aromatic heterocycles. The topological polar surface area (TPSA) is 72.5 Å². The number of nitrogens with one attached hydrogen (secondary N) is 1. The van der Waals surface area contributed by atoms with Gasteiger partial charge in [0.25, 0.3) is 0 Å². The van der Waals surface area contributed by atoms with Gasteiger partial charge in [0, 0.05) is 6.42 Å². The number of carbonyl (C=O) groups excluding carboxylic acids is 3. The molecule has 112 valence electrons. The van der Waals surface area contributed by atoms with Gasteiger partial charge in [0.2, 0.25) is 11.8 Å². The van der Waals surface area contributed by atoms with E-state index in [4.69, 9.17) is 4.74 Å². The molecule has 5 nitrogen and oxygen atoms in total. The van der Waals surface area contributed by atoms with Gasteiger partial charge in [-0.2, -0.15) is 0 Å². The standard InChI is InChI=1S/C15H16FNO4/c1-2-21-15(20)13-10(8-12(18)17-14(13)19)7-9-3-5-11(16)6-4-9/h3-6,10,13H,2,7-8H2,1H3,(H,17,18,19)/t10-,13+/m0/s1. The van der Waals surface area contributed by atoms with Crippen LogP contribution in [0.25, 0.3) is 0 Å². The van der Waals surface area contributed by atoms with Gasteiger partial charge in [0.15, 0.2) is 0 Å². The molecule has 0 spiro atoms. The molecule has 21 heavy (non-hydrogen) atoms. The second kappa shape index (κ2) is 6.47. The molecule has 1 aromatic carbocycles. The summed E-state index contributed by atoms with van der Waals surface area (Å²) in [5.41, 5.74) is 0.762. The van der Waals surface area contributed by atoms with Crippen molar-refractivity contribution in [2.24, 2.45) is 11.8 Å². The second-order valence-electron chi connectivity index (χ2n) is 4.94. The van der Waals surface area contributed by atoms with Crippen molar-refractivity contribution >= 4 is 17.8 Å². The van der Waals surface area contributed by atoms with Gasteiger partial charge >= 0.3 is 5.97 Å². The zero-order valence-electron chi connectivity index (χ0n) is 11.6. The van der Waals surface area contributed by atoms with E-state index in [-0.39, 0.29) is 18.8 Å². The third kappa shape index (κ3) is 3.65. The average Bonchev–Trinajstić information content (AvgIpc) is 2.41. The van der Waals surface area contributed by atoms with Crippen LogP contribution in [-0.4, -0.2) is 24.4 Å². The van der Waals surface area contributed by atoms with Crippen LogP contribution >= 0.6 is 0 Å². The summed E-state index contributed by atoms with van der Waals surface area (Å²) in [4.78, 5) is 35.3. The molecule has 6 heteroatoms. The third-order valence-electron chi connectivity index (χ3n) is 3.42. The zero-order chi connectivity index (χ0) is 15.4. The van der Waals surface area contributed by atoms with E-state index in [1.54, 1.807) is 19.1 Å². The number of ether oxygens (including phenoxy) is 1. The predicted molar refractivity (Wildman–Crippen MR) is 71.5 cm³/mol. The number of carbonyl (C=O) groups is 3. The molecule has 0 bridgehead atoms. The fourth-order valence-electron chi connectivity index (χ4n) is 2.48. The first kappa shape index (κ1) is 15.2. The van der Waals surface area contributed by atoms with Gasteiger partial charge in [-0.05, 0) is 37.0 Å².